The van der Waals surface area contributed by atoms with Crippen LogP contribution in [0.3, 0.4) is 0 Å². The van der Waals surface area contributed by atoms with Crippen LogP contribution in [0, 0.1) is 6.07 Å². The Bertz CT molecular complexity index is 316. The molecule has 0 aromatic carbocycles. The third kappa shape index (κ3) is 1.34. The molecule has 2 fully saturated rings. The largest absolute Gasteiger partial charge is 0.340 e. The number of aromatic nitrogens is 2. The summed E-state index contributed by atoms with van der Waals surface area (Å²) in [4.78, 5) is 20.3. The van der Waals surface area contributed by atoms with E-state index in [2.05, 4.69) is 20.9 Å². The van der Waals surface area contributed by atoms with Crippen molar-refractivity contribution >= 4 is 5.95 Å². The van der Waals surface area contributed by atoms with E-state index in [1.807, 2.05) is 0 Å². The van der Waals surface area contributed by atoms with Crippen molar-refractivity contribution in [2.75, 3.05) is 18.0 Å². The van der Waals surface area contributed by atoms with Gasteiger partial charge in [-0.2, -0.15) is 9.78 Å². The maximum atomic E-state index is 4.95. The van der Waals surface area contributed by atoms with Gasteiger partial charge >= 0.3 is 0 Å². The van der Waals surface area contributed by atoms with Gasteiger partial charge in [0, 0.05) is 44.4 Å². The van der Waals surface area contributed by atoms with Crippen molar-refractivity contribution in [3.05, 3.63) is 18.5 Å². The predicted molar refractivity (Wildman–Crippen MR) is 47.2 cm³/mol. The number of rotatable bonds is 1. The molecule has 2 aliphatic rings. The molecule has 1 radical (unpaired) electrons. The lowest BCUT2D eigenvalue weighted by molar-refractivity contribution is 0.0850. The Hall–Kier alpha value is -1.20. The summed E-state index contributed by atoms with van der Waals surface area (Å²) >= 11 is 0. The van der Waals surface area contributed by atoms with E-state index < -0.39 is 0 Å². The van der Waals surface area contributed by atoms with Crippen molar-refractivity contribution in [1.29, 1.82) is 0 Å². The van der Waals surface area contributed by atoms with Crippen LogP contribution in [0.1, 0.15) is 12.8 Å². The Labute approximate surface area is 81.6 Å². The maximum Gasteiger partial charge on any atom is 0.237 e. The molecule has 0 N–H and O–H groups in total. The van der Waals surface area contributed by atoms with Gasteiger partial charge in [0.05, 0.1) is 0 Å². The average Bonchev–Trinajstić information content (AvgIpc) is 3.01. The van der Waals surface area contributed by atoms with E-state index in [9.17, 15) is 0 Å². The molecule has 73 valence electrons. The second-order valence-corrected chi connectivity index (χ2v) is 3.55. The van der Waals surface area contributed by atoms with Gasteiger partial charge in [-0.15, -0.1) is 0 Å². The van der Waals surface area contributed by atoms with Gasteiger partial charge in [-0.25, -0.2) is 9.97 Å². The average molecular weight is 192 g/mol. The molecule has 1 aromatic heterocycles. The summed E-state index contributed by atoms with van der Waals surface area (Å²) in [6.07, 6.45) is 5.04. The predicted octanol–water partition coefficient (Wildman–Crippen LogP) is 0.535. The molecule has 3 rings (SSSR count). The van der Waals surface area contributed by atoms with Crippen LogP contribution in [0.2, 0.25) is 0 Å². The van der Waals surface area contributed by atoms with E-state index in [1.165, 1.54) is 0 Å². The first-order valence-corrected chi connectivity index (χ1v) is 4.68. The van der Waals surface area contributed by atoms with Crippen LogP contribution in [0.4, 0.5) is 5.95 Å². The van der Waals surface area contributed by atoms with Crippen molar-refractivity contribution in [3.63, 3.8) is 0 Å². The fourth-order valence-corrected chi connectivity index (χ4v) is 1.69. The first-order chi connectivity index (χ1) is 6.88. The highest BCUT2D eigenvalue weighted by Crippen LogP contribution is 2.39. The molecule has 2 saturated heterocycles. The van der Waals surface area contributed by atoms with Crippen LogP contribution < -0.4 is 4.90 Å². The zero-order valence-electron chi connectivity index (χ0n) is 7.64. The smallest absolute Gasteiger partial charge is 0.237 e. The molecule has 0 amide bonds. The minimum atomic E-state index is -0.266. The van der Waals surface area contributed by atoms with Crippen molar-refractivity contribution in [2.45, 2.75) is 18.6 Å². The summed E-state index contributed by atoms with van der Waals surface area (Å²) in [5.74, 6) is 0.497. The molecule has 0 bridgehead atoms. The van der Waals surface area contributed by atoms with E-state index in [-0.39, 0.29) is 5.79 Å². The maximum absolute atomic E-state index is 4.95. The number of nitrogens with zero attached hydrogens (tertiary/aromatic N) is 3. The summed E-state index contributed by atoms with van der Waals surface area (Å²) in [7, 11) is 0. The monoisotopic (exact) mass is 192 g/mol. The normalized spacial score (nSPS) is 23.9. The van der Waals surface area contributed by atoms with Gasteiger partial charge in [0.2, 0.25) is 11.7 Å². The highest BCUT2D eigenvalue weighted by Gasteiger charge is 2.51. The summed E-state index contributed by atoms with van der Waals surface area (Å²) in [5.41, 5.74) is 0. The van der Waals surface area contributed by atoms with Gasteiger partial charge in [-0.1, -0.05) is 0 Å². The van der Waals surface area contributed by atoms with Crippen molar-refractivity contribution in [3.8, 4) is 0 Å². The van der Waals surface area contributed by atoms with Crippen LogP contribution in [-0.2, 0) is 9.78 Å². The summed E-state index contributed by atoms with van der Waals surface area (Å²) < 4.78 is 0. The SMILES string of the molecule is [c]1cnc(N2CCC3(CC2)OO3)nc1. The standard InChI is InChI=1S/C9H10N3O2/c1-4-10-8(11-5-1)12-6-2-9(3-7-12)13-14-9/h4-5H,2-3,6-7H2. The molecule has 14 heavy (non-hydrogen) atoms. The molecular formula is C9H10N3O2. The van der Waals surface area contributed by atoms with E-state index in [1.54, 1.807) is 12.4 Å². The molecule has 0 aliphatic carbocycles. The van der Waals surface area contributed by atoms with Crippen molar-refractivity contribution < 1.29 is 9.78 Å². The Morgan fingerprint density at radius 3 is 2.43 bits per heavy atom. The number of hydrogen-bond donors (Lipinski definition) is 0. The summed E-state index contributed by atoms with van der Waals surface area (Å²) in [5, 5.41) is 0. The molecule has 3 heterocycles. The van der Waals surface area contributed by atoms with E-state index in [0.717, 1.165) is 31.9 Å². The third-order valence-electron chi connectivity index (χ3n) is 2.64. The Morgan fingerprint density at radius 1 is 1.21 bits per heavy atom. The van der Waals surface area contributed by atoms with Gasteiger partial charge < -0.3 is 4.90 Å². The van der Waals surface area contributed by atoms with Crippen molar-refractivity contribution in [2.24, 2.45) is 0 Å². The Morgan fingerprint density at radius 2 is 1.86 bits per heavy atom. The number of hydrogen-bond acceptors (Lipinski definition) is 5. The zero-order chi connectivity index (χ0) is 9.43. The van der Waals surface area contributed by atoms with Crippen LogP contribution in [0.25, 0.3) is 0 Å². The second kappa shape index (κ2) is 2.90. The Balaban J connectivity index is 1.70. The molecule has 1 spiro atoms. The summed E-state index contributed by atoms with van der Waals surface area (Å²) in [6.45, 7) is 1.76. The fraction of sp³-hybridized carbons (Fsp3) is 0.556. The zero-order valence-corrected chi connectivity index (χ0v) is 7.64. The molecule has 1 aromatic rings. The first-order valence-electron chi connectivity index (χ1n) is 4.68. The van der Waals surface area contributed by atoms with Gasteiger partial charge in [0.25, 0.3) is 0 Å². The molecule has 0 unspecified atom stereocenters. The Kier molecular flexibility index (Phi) is 1.68. The fourth-order valence-electron chi connectivity index (χ4n) is 1.69. The molecule has 0 saturated carbocycles. The van der Waals surface area contributed by atoms with E-state index >= 15 is 0 Å². The number of piperidine rings is 1. The lowest BCUT2D eigenvalue weighted by Crippen LogP contribution is -2.38. The van der Waals surface area contributed by atoms with Crippen LogP contribution in [0.5, 0.6) is 0 Å². The molecule has 0 atom stereocenters. The van der Waals surface area contributed by atoms with Gasteiger partial charge in [0.1, 0.15) is 0 Å². The van der Waals surface area contributed by atoms with Crippen LogP contribution >= 0.6 is 0 Å². The highest BCUT2D eigenvalue weighted by atomic mass is 17.4. The van der Waals surface area contributed by atoms with Gasteiger partial charge in [0.15, 0.2) is 0 Å². The topological polar surface area (TPSA) is 54.1 Å². The molecule has 5 heteroatoms. The van der Waals surface area contributed by atoms with Crippen molar-refractivity contribution in [1.82, 2.24) is 9.97 Å². The summed E-state index contributed by atoms with van der Waals surface area (Å²) in [6, 6.07) is 2.80. The quantitative estimate of drug-likeness (QED) is 0.480. The lowest BCUT2D eigenvalue weighted by atomic mass is 10.1. The number of anilines is 1. The van der Waals surface area contributed by atoms with Crippen LogP contribution in [-0.4, -0.2) is 28.8 Å². The van der Waals surface area contributed by atoms with Gasteiger partial charge in [-0.05, 0) is 0 Å². The lowest BCUT2D eigenvalue weighted by Gasteiger charge is -2.27. The van der Waals surface area contributed by atoms with Gasteiger partial charge in [-0.3, -0.25) is 0 Å². The van der Waals surface area contributed by atoms with E-state index in [4.69, 9.17) is 9.78 Å². The van der Waals surface area contributed by atoms with E-state index in [0.29, 0.717) is 0 Å². The highest BCUT2D eigenvalue weighted by molar-refractivity contribution is 5.29. The molecular weight excluding hydrogens is 182 g/mol. The van der Waals surface area contributed by atoms with Crippen LogP contribution in [0.15, 0.2) is 12.4 Å². The molecule has 2 aliphatic heterocycles. The second-order valence-electron chi connectivity index (χ2n) is 3.55. The minimum Gasteiger partial charge on any atom is -0.340 e. The third-order valence-corrected chi connectivity index (χ3v) is 2.64. The molecule has 5 nitrogen and oxygen atoms in total. The minimum absolute atomic E-state index is 0.266. The first kappa shape index (κ1) is 8.14.